The summed E-state index contributed by atoms with van der Waals surface area (Å²) in [4.78, 5) is 0. The predicted octanol–water partition coefficient (Wildman–Crippen LogP) is 3.85. The van der Waals surface area contributed by atoms with Gasteiger partial charge in [0.15, 0.2) is 0 Å². The first kappa shape index (κ1) is 13.6. The fourth-order valence-corrected chi connectivity index (χ4v) is 1.99. The molecule has 0 fully saturated rings. The van der Waals surface area contributed by atoms with Crippen molar-refractivity contribution in [3.05, 3.63) is 65.2 Å². The van der Waals surface area contributed by atoms with E-state index in [0.717, 1.165) is 12.3 Å². The van der Waals surface area contributed by atoms with Crippen LogP contribution in [0.1, 0.15) is 29.7 Å². The number of nitrogens with one attached hydrogen (secondary N) is 1. The average molecular weight is 255 g/mol. The van der Waals surface area contributed by atoms with Crippen molar-refractivity contribution in [1.29, 1.82) is 0 Å². The van der Waals surface area contributed by atoms with Gasteiger partial charge in [0.1, 0.15) is 5.75 Å². The second kappa shape index (κ2) is 6.39. The maximum absolute atomic E-state index is 5.17. The summed E-state index contributed by atoms with van der Waals surface area (Å²) in [6, 6.07) is 17.2. The molecule has 1 N–H and O–H groups in total. The van der Waals surface area contributed by atoms with Gasteiger partial charge in [0.2, 0.25) is 0 Å². The van der Waals surface area contributed by atoms with Gasteiger partial charge >= 0.3 is 0 Å². The topological polar surface area (TPSA) is 21.3 Å². The Kier molecular flexibility index (Phi) is 4.58. The van der Waals surface area contributed by atoms with Gasteiger partial charge < -0.3 is 10.1 Å². The van der Waals surface area contributed by atoms with Crippen molar-refractivity contribution in [2.75, 3.05) is 7.11 Å². The Labute approximate surface area is 115 Å². The Morgan fingerprint density at radius 2 is 1.63 bits per heavy atom. The third-order valence-electron chi connectivity index (χ3n) is 3.35. The van der Waals surface area contributed by atoms with E-state index in [4.69, 9.17) is 4.74 Å². The minimum atomic E-state index is 0.326. The lowest BCUT2D eigenvalue weighted by atomic mass is 10.1. The molecule has 1 unspecified atom stereocenters. The minimum absolute atomic E-state index is 0.326. The van der Waals surface area contributed by atoms with Gasteiger partial charge in [-0.15, -0.1) is 0 Å². The first-order valence-corrected chi connectivity index (χ1v) is 6.62. The van der Waals surface area contributed by atoms with E-state index in [-0.39, 0.29) is 0 Å². The summed E-state index contributed by atoms with van der Waals surface area (Å²) in [7, 11) is 1.69. The summed E-state index contributed by atoms with van der Waals surface area (Å²) in [6.07, 6.45) is 0. The van der Waals surface area contributed by atoms with Crippen LogP contribution in [0.2, 0.25) is 0 Å². The van der Waals surface area contributed by atoms with Crippen LogP contribution in [-0.2, 0) is 6.54 Å². The van der Waals surface area contributed by atoms with Crippen molar-refractivity contribution >= 4 is 0 Å². The lowest BCUT2D eigenvalue weighted by molar-refractivity contribution is 0.414. The molecule has 1 atom stereocenters. The number of hydrogen-bond acceptors (Lipinski definition) is 2. The van der Waals surface area contributed by atoms with Gasteiger partial charge in [0.25, 0.3) is 0 Å². The Morgan fingerprint density at radius 1 is 1.00 bits per heavy atom. The van der Waals surface area contributed by atoms with Crippen LogP contribution in [0.5, 0.6) is 5.75 Å². The van der Waals surface area contributed by atoms with Crippen molar-refractivity contribution in [1.82, 2.24) is 5.32 Å². The number of aryl methyl sites for hydroxylation is 1. The summed E-state index contributed by atoms with van der Waals surface area (Å²) < 4.78 is 5.17. The van der Waals surface area contributed by atoms with Crippen LogP contribution in [0.4, 0.5) is 0 Å². The SMILES string of the molecule is COc1ccc(C(C)NCc2ccc(C)cc2)cc1. The molecule has 0 saturated heterocycles. The molecule has 2 nitrogen and oxygen atoms in total. The third kappa shape index (κ3) is 3.83. The van der Waals surface area contributed by atoms with Gasteiger partial charge in [-0.05, 0) is 37.1 Å². The van der Waals surface area contributed by atoms with Crippen LogP contribution < -0.4 is 10.1 Å². The first-order chi connectivity index (χ1) is 9.19. The number of rotatable bonds is 5. The van der Waals surface area contributed by atoms with E-state index in [1.165, 1.54) is 16.7 Å². The zero-order chi connectivity index (χ0) is 13.7. The fraction of sp³-hybridized carbons (Fsp3) is 0.294. The molecule has 0 bridgehead atoms. The van der Waals surface area contributed by atoms with Crippen molar-refractivity contribution in [3.63, 3.8) is 0 Å². The summed E-state index contributed by atoms with van der Waals surface area (Å²) in [5.74, 6) is 0.898. The number of hydrogen-bond donors (Lipinski definition) is 1. The lowest BCUT2D eigenvalue weighted by Crippen LogP contribution is -2.17. The molecular weight excluding hydrogens is 234 g/mol. The molecule has 0 saturated carbocycles. The number of methoxy groups -OCH3 is 1. The molecule has 0 radical (unpaired) electrons. The second-order valence-corrected chi connectivity index (χ2v) is 4.86. The Balaban J connectivity index is 1.93. The van der Waals surface area contributed by atoms with Gasteiger partial charge in [-0.2, -0.15) is 0 Å². The molecule has 0 amide bonds. The molecule has 0 spiro atoms. The monoisotopic (exact) mass is 255 g/mol. The van der Waals surface area contributed by atoms with Crippen molar-refractivity contribution < 1.29 is 4.74 Å². The van der Waals surface area contributed by atoms with Gasteiger partial charge in [-0.3, -0.25) is 0 Å². The molecule has 100 valence electrons. The predicted molar refractivity (Wildman–Crippen MR) is 79.4 cm³/mol. The van der Waals surface area contributed by atoms with Crippen molar-refractivity contribution in [3.8, 4) is 5.75 Å². The minimum Gasteiger partial charge on any atom is -0.497 e. The first-order valence-electron chi connectivity index (χ1n) is 6.62. The zero-order valence-corrected chi connectivity index (χ0v) is 11.8. The van der Waals surface area contributed by atoms with Crippen molar-refractivity contribution in [2.45, 2.75) is 26.4 Å². The summed E-state index contributed by atoms with van der Waals surface area (Å²) in [6.45, 7) is 5.17. The molecule has 0 aliphatic carbocycles. The summed E-state index contributed by atoms with van der Waals surface area (Å²) in [5, 5.41) is 3.53. The van der Waals surface area contributed by atoms with Crippen molar-refractivity contribution in [2.24, 2.45) is 0 Å². The molecule has 2 heteroatoms. The second-order valence-electron chi connectivity index (χ2n) is 4.86. The highest BCUT2D eigenvalue weighted by molar-refractivity contribution is 5.29. The van der Waals surface area contributed by atoms with Crippen LogP contribution in [-0.4, -0.2) is 7.11 Å². The van der Waals surface area contributed by atoms with Gasteiger partial charge in [-0.25, -0.2) is 0 Å². The van der Waals surface area contributed by atoms with Crippen LogP contribution in [0.25, 0.3) is 0 Å². The normalized spacial score (nSPS) is 12.2. The quantitative estimate of drug-likeness (QED) is 0.876. The van der Waals surface area contributed by atoms with E-state index in [1.54, 1.807) is 7.11 Å². The highest BCUT2D eigenvalue weighted by atomic mass is 16.5. The van der Waals surface area contributed by atoms with Crippen LogP contribution >= 0.6 is 0 Å². The maximum Gasteiger partial charge on any atom is 0.118 e. The van der Waals surface area contributed by atoms with E-state index in [2.05, 4.69) is 55.6 Å². The molecular formula is C17H21NO. The molecule has 2 rings (SSSR count). The van der Waals surface area contributed by atoms with E-state index in [9.17, 15) is 0 Å². The van der Waals surface area contributed by atoms with Crippen LogP contribution in [0.3, 0.4) is 0 Å². The highest BCUT2D eigenvalue weighted by Crippen LogP contribution is 2.17. The summed E-state index contributed by atoms with van der Waals surface area (Å²) in [5.41, 5.74) is 3.88. The number of ether oxygens (including phenoxy) is 1. The third-order valence-corrected chi connectivity index (χ3v) is 3.35. The molecule has 0 aromatic heterocycles. The molecule has 0 heterocycles. The lowest BCUT2D eigenvalue weighted by Gasteiger charge is -2.15. The molecule has 2 aromatic carbocycles. The molecule has 0 aliphatic rings. The van der Waals surface area contributed by atoms with Gasteiger partial charge in [0.05, 0.1) is 7.11 Å². The average Bonchev–Trinajstić information content (AvgIpc) is 2.46. The standard InChI is InChI=1S/C17H21NO/c1-13-4-6-15(7-5-13)12-18-14(2)16-8-10-17(19-3)11-9-16/h4-11,14,18H,12H2,1-3H3. The van der Waals surface area contributed by atoms with Crippen LogP contribution in [0, 0.1) is 6.92 Å². The zero-order valence-electron chi connectivity index (χ0n) is 11.8. The Morgan fingerprint density at radius 3 is 2.21 bits per heavy atom. The Bertz CT molecular complexity index is 502. The smallest absolute Gasteiger partial charge is 0.118 e. The van der Waals surface area contributed by atoms with Gasteiger partial charge in [0, 0.05) is 12.6 Å². The number of benzene rings is 2. The highest BCUT2D eigenvalue weighted by Gasteiger charge is 2.04. The van der Waals surface area contributed by atoms with E-state index < -0.39 is 0 Å². The molecule has 2 aromatic rings. The molecule has 19 heavy (non-hydrogen) atoms. The largest absolute Gasteiger partial charge is 0.497 e. The van der Waals surface area contributed by atoms with Crippen LogP contribution in [0.15, 0.2) is 48.5 Å². The Hall–Kier alpha value is -1.80. The van der Waals surface area contributed by atoms with E-state index >= 15 is 0 Å². The fourth-order valence-electron chi connectivity index (χ4n) is 1.99. The van der Waals surface area contributed by atoms with E-state index in [1.807, 2.05) is 12.1 Å². The van der Waals surface area contributed by atoms with Gasteiger partial charge in [-0.1, -0.05) is 42.0 Å². The van der Waals surface area contributed by atoms with E-state index in [0.29, 0.717) is 6.04 Å². The molecule has 0 aliphatic heterocycles. The summed E-state index contributed by atoms with van der Waals surface area (Å²) >= 11 is 0. The maximum atomic E-state index is 5.17.